The van der Waals surface area contributed by atoms with Gasteiger partial charge in [0.15, 0.2) is 0 Å². The van der Waals surface area contributed by atoms with Crippen LogP contribution < -0.4 is 5.32 Å². The number of likely N-dealkylation sites (tertiary alicyclic amines) is 1. The molecule has 0 aromatic rings. The third kappa shape index (κ3) is 1.72. The molecule has 3 fully saturated rings. The molecule has 92 valence electrons. The van der Waals surface area contributed by atoms with Gasteiger partial charge in [-0.25, -0.2) is 0 Å². The Bertz CT molecular complexity index is 258. The van der Waals surface area contributed by atoms with E-state index in [1.54, 1.807) is 0 Å². The molecule has 0 radical (unpaired) electrons. The van der Waals surface area contributed by atoms with Crippen LogP contribution >= 0.6 is 11.8 Å². The molecule has 16 heavy (non-hydrogen) atoms. The van der Waals surface area contributed by atoms with E-state index in [2.05, 4.69) is 35.8 Å². The van der Waals surface area contributed by atoms with Crippen LogP contribution in [0.15, 0.2) is 0 Å². The van der Waals surface area contributed by atoms with Crippen molar-refractivity contribution in [2.45, 2.75) is 44.0 Å². The van der Waals surface area contributed by atoms with Crippen LogP contribution in [0.1, 0.15) is 26.7 Å². The van der Waals surface area contributed by atoms with Gasteiger partial charge in [-0.2, -0.15) is 11.8 Å². The highest BCUT2D eigenvalue weighted by molar-refractivity contribution is 8.00. The molecule has 0 amide bonds. The number of thioether (sulfide) groups is 1. The Hall–Kier alpha value is 0.270. The topological polar surface area (TPSA) is 15.3 Å². The predicted octanol–water partition coefficient (Wildman–Crippen LogP) is 1.81. The molecule has 3 saturated heterocycles. The lowest BCUT2D eigenvalue weighted by molar-refractivity contribution is 0.155. The molecule has 3 aliphatic heterocycles. The van der Waals surface area contributed by atoms with Crippen LogP contribution in [0.5, 0.6) is 0 Å². The summed E-state index contributed by atoms with van der Waals surface area (Å²) in [6.45, 7) is 8.72. The van der Waals surface area contributed by atoms with E-state index in [0.717, 1.165) is 29.2 Å². The van der Waals surface area contributed by atoms with Gasteiger partial charge in [0, 0.05) is 23.9 Å². The lowest BCUT2D eigenvalue weighted by atomic mass is 9.92. The van der Waals surface area contributed by atoms with Crippen molar-refractivity contribution in [2.75, 3.05) is 25.4 Å². The average Bonchev–Trinajstić information content (AvgIpc) is 2.90. The zero-order valence-corrected chi connectivity index (χ0v) is 11.3. The fourth-order valence-electron chi connectivity index (χ4n) is 4.13. The van der Waals surface area contributed by atoms with Crippen molar-refractivity contribution in [3.05, 3.63) is 0 Å². The first-order valence-electron chi connectivity index (χ1n) is 6.89. The summed E-state index contributed by atoms with van der Waals surface area (Å²) in [5, 5.41) is 4.44. The first kappa shape index (κ1) is 11.4. The second-order valence-corrected chi connectivity index (χ2v) is 7.17. The Morgan fingerprint density at radius 1 is 1.38 bits per heavy atom. The molecule has 0 saturated carbocycles. The third-order valence-corrected chi connectivity index (χ3v) is 6.25. The van der Waals surface area contributed by atoms with Gasteiger partial charge >= 0.3 is 0 Å². The zero-order valence-electron chi connectivity index (χ0n) is 10.5. The van der Waals surface area contributed by atoms with Gasteiger partial charge in [-0.05, 0) is 43.5 Å². The number of nitrogens with zero attached hydrogens (tertiary/aromatic N) is 1. The molecule has 3 aliphatic rings. The van der Waals surface area contributed by atoms with Crippen molar-refractivity contribution in [1.29, 1.82) is 0 Å². The number of hydrogen-bond donors (Lipinski definition) is 1. The summed E-state index contributed by atoms with van der Waals surface area (Å²) in [5.74, 6) is 3.28. The van der Waals surface area contributed by atoms with Crippen LogP contribution in [-0.2, 0) is 0 Å². The first-order chi connectivity index (χ1) is 7.81. The summed E-state index contributed by atoms with van der Waals surface area (Å²) in [6, 6.07) is 1.74. The first-order valence-corrected chi connectivity index (χ1v) is 7.94. The van der Waals surface area contributed by atoms with E-state index in [4.69, 9.17) is 0 Å². The van der Waals surface area contributed by atoms with Crippen molar-refractivity contribution in [3.8, 4) is 0 Å². The molecule has 0 spiro atoms. The lowest BCUT2D eigenvalue weighted by Crippen LogP contribution is -2.44. The second kappa shape index (κ2) is 4.51. The van der Waals surface area contributed by atoms with Gasteiger partial charge in [0.25, 0.3) is 0 Å². The quantitative estimate of drug-likeness (QED) is 0.792. The molecule has 2 nitrogen and oxygen atoms in total. The van der Waals surface area contributed by atoms with E-state index in [1.807, 2.05) is 0 Å². The minimum Gasteiger partial charge on any atom is -0.316 e. The minimum absolute atomic E-state index is 0.862. The fraction of sp³-hybridized carbons (Fsp3) is 1.00. The van der Waals surface area contributed by atoms with Crippen LogP contribution in [0.25, 0.3) is 0 Å². The molecule has 0 aromatic carbocycles. The Labute approximate surface area is 104 Å². The van der Waals surface area contributed by atoms with Gasteiger partial charge in [0.2, 0.25) is 0 Å². The van der Waals surface area contributed by atoms with E-state index in [0.29, 0.717) is 0 Å². The van der Waals surface area contributed by atoms with Crippen LogP contribution in [0.2, 0.25) is 0 Å². The monoisotopic (exact) mass is 240 g/mol. The molecule has 3 heteroatoms. The van der Waals surface area contributed by atoms with Gasteiger partial charge < -0.3 is 5.32 Å². The standard InChI is InChI=1S/C13H24N2S/c1-3-12-11-7-14-6-10(11)8-15(12)13-4-5-16-9(13)2/h9-14H,3-8H2,1-2H3. The normalized spacial score (nSPS) is 48.8. The molecule has 0 aliphatic carbocycles. The van der Waals surface area contributed by atoms with Crippen molar-refractivity contribution in [3.63, 3.8) is 0 Å². The van der Waals surface area contributed by atoms with Crippen molar-refractivity contribution >= 4 is 11.8 Å². The maximum Gasteiger partial charge on any atom is 0.0223 e. The minimum atomic E-state index is 0.862. The summed E-state index contributed by atoms with van der Waals surface area (Å²) >= 11 is 2.18. The number of hydrogen-bond acceptors (Lipinski definition) is 3. The molecule has 5 unspecified atom stereocenters. The van der Waals surface area contributed by atoms with Gasteiger partial charge in [0.1, 0.15) is 0 Å². The van der Waals surface area contributed by atoms with Crippen LogP contribution in [0, 0.1) is 11.8 Å². The Balaban J connectivity index is 1.75. The van der Waals surface area contributed by atoms with Crippen molar-refractivity contribution < 1.29 is 0 Å². The summed E-state index contributed by atoms with van der Waals surface area (Å²) in [4.78, 5) is 2.88. The molecular weight excluding hydrogens is 216 g/mol. The number of nitrogens with one attached hydrogen (secondary N) is 1. The number of fused-ring (bicyclic) bond motifs is 1. The van der Waals surface area contributed by atoms with Gasteiger partial charge in [-0.1, -0.05) is 13.8 Å². The molecular formula is C13H24N2S. The van der Waals surface area contributed by atoms with Gasteiger partial charge in [-0.3, -0.25) is 4.90 Å². The fourth-order valence-corrected chi connectivity index (χ4v) is 5.39. The maximum atomic E-state index is 3.58. The predicted molar refractivity (Wildman–Crippen MR) is 71.0 cm³/mol. The maximum absolute atomic E-state index is 3.58. The van der Waals surface area contributed by atoms with E-state index >= 15 is 0 Å². The highest BCUT2D eigenvalue weighted by Gasteiger charge is 2.47. The van der Waals surface area contributed by atoms with Crippen LogP contribution in [0.4, 0.5) is 0 Å². The summed E-state index contributed by atoms with van der Waals surface area (Å²) in [7, 11) is 0. The Kier molecular flexibility index (Phi) is 3.20. The average molecular weight is 240 g/mol. The van der Waals surface area contributed by atoms with Crippen molar-refractivity contribution in [2.24, 2.45) is 11.8 Å². The summed E-state index contributed by atoms with van der Waals surface area (Å²) in [5.41, 5.74) is 0. The zero-order chi connectivity index (χ0) is 11.1. The summed E-state index contributed by atoms with van der Waals surface area (Å²) in [6.07, 6.45) is 2.77. The van der Waals surface area contributed by atoms with Gasteiger partial charge in [-0.15, -0.1) is 0 Å². The largest absolute Gasteiger partial charge is 0.316 e. The van der Waals surface area contributed by atoms with Crippen molar-refractivity contribution in [1.82, 2.24) is 10.2 Å². The highest BCUT2D eigenvalue weighted by atomic mass is 32.2. The SMILES string of the molecule is CCC1C2CNCC2CN1C1CCSC1C. The Morgan fingerprint density at radius 3 is 2.94 bits per heavy atom. The smallest absolute Gasteiger partial charge is 0.0223 e. The molecule has 1 N–H and O–H groups in total. The van der Waals surface area contributed by atoms with E-state index in [-0.39, 0.29) is 0 Å². The molecule has 0 aromatic heterocycles. The lowest BCUT2D eigenvalue weighted by Gasteiger charge is -2.34. The van der Waals surface area contributed by atoms with E-state index in [1.165, 1.54) is 38.2 Å². The molecule has 0 bridgehead atoms. The molecule has 5 atom stereocenters. The van der Waals surface area contributed by atoms with E-state index < -0.39 is 0 Å². The van der Waals surface area contributed by atoms with Crippen LogP contribution in [-0.4, -0.2) is 47.6 Å². The summed E-state index contributed by atoms with van der Waals surface area (Å²) < 4.78 is 0. The third-order valence-electron chi connectivity index (χ3n) is 4.94. The van der Waals surface area contributed by atoms with Gasteiger partial charge in [0.05, 0.1) is 0 Å². The van der Waals surface area contributed by atoms with Crippen LogP contribution in [0.3, 0.4) is 0 Å². The number of rotatable bonds is 2. The molecule has 3 rings (SSSR count). The Morgan fingerprint density at radius 2 is 2.25 bits per heavy atom. The van der Waals surface area contributed by atoms with E-state index in [9.17, 15) is 0 Å². The second-order valence-electron chi connectivity index (χ2n) is 5.69. The molecule has 3 heterocycles. The highest BCUT2D eigenvalue weighted by Crippen LogP contribution is 2.40.